The summed E-state index contributed by atoms with van der Waals surface area (Å²) in [4.78, 5) is 8.46. The molecule has 0 saturated heterocycles. The zero-order valence-electron chi connectivity index (χ0n) is 12.7. The maximum atomic E-state index is 5.02. The second-order valence-corrected chi connectivity index (χ2v) is 5.73. The second kappa shape index (κ2) is 9.42. The molecule has 0 aliphatic carbocycles. The second-order valence-electron chi connectivity index (χ2n) is 4.56. The van der Waals surface area contributed by atoms with Gasteiger partial charge in [-0.2, -0.15) is 0 Å². The molecule has 1 rings (SSSR count). The first kappa shape index (κ1) is 16.6. The van der Waals surface area contributed by atoms with Crippen molar-refractivity contribution in [2.24, 2.45) is 0 Å². The number of likely N-dealkylation sites (N-methyl/N-ethyl adjacent to an activating group) is 1. The number of hydrogen-bond acceptors (Lipinski definition) is 5. The average molecular weight is 285 g/mol. The van der Waals surface area contributed by atoms with E-state index < -0.39 is 0 Å². The summed E-state index contributed by atoms with van der Waals surface area (Å²) < 4.78 is 5.02. The lowest BCUT2D eigenvalue weighted by Crippen LogP contribution is -2.25. The summed E-state index contributed by atoms with van der Waals surface area (Å²) in [6.07, 6.45) is 1.06. The lowest BCUT2D eigenvalue weighted by atomic mass is 10.3. The highest BCUT2D eigenvalue weighted by Crippen LogP contribution is 2.18. The molecule has 0 unspecified atom stereocenters. The van der Waals surface area contributed by atoms with Gasteiger partial charge in [-0.1, -0.05) is 13.8 Å². The van der Waals surface area contributed by atoms with Crippen LogP contribution in [-0.2, 0) is 17.7 Å². The molecule has 1 heterocycles. The quantitative estimate of drug-likeness (QED) is 0.668. The van der Waals surface area contributed by atoms with Crippen LogP contribution in [0.2, 0.25) is 0 Å². The van der Waals surface area contributed by atoms with Gasteiger partial charge in [0.25, 0.3) is 0 Å². The third kappa shape index (κ3) is 5.99. The highest BCUT2D eigenvalue weighted by atomic mass is 32.1. The van der Waals surface area contributed by atoms with Crippen LogP contribution in [0.4, 0.5) is 0 Å². The largest absolute Gasteiger partial charge is 0.383 e. The lowest BCUT2D eigenvalue weighted by Gasteiger charge is -2.16. The van der Waals surface area contributed by atoms with E-state index in [1.165, 1.54) is 15.6 Å². The zero-order valence-corrected chi connectivity index (χ0v) is 13.5. The summed E-state index contributed by atoms with van der Waals surface area (Å²) in [7, 11) is 1.73. The van der Waals surface area contributed by atoms with Gasteiger partial charge in [0.1, 0.15) is 0 Å². The van der Waals surface area contributed by atoms with E-state index in [1.807, 2.05) is 11.3 Å². The molecule has 0 radical (unpaired) electrons. The van der Waals surface area contributed by atoms with Crippen molar-refractivity contribution in [3.63, 3.8) is 0 Å². The molecule has 19 heavy (non-hydrogen) atoms. The summed E-state index contributed by atoms with van der Waals surface area (Å²) >= 11 is 1.84. The van der Waals surface area contributed by atoms with E-state index in [-0.39, 0.29) is 0 Å². The van der Waals surface area contributed by atoms with Crippen molar-refractivity contribution in [1.82, 2.24) is 15.2 Å². The summed E-state index contributed by atoms with van der Waals surface area (Å²) in [5.41, 5.74) is 1.17. The first-order chi connectivity index (χ1) is 9.21. The van der Waals surface area contributed by atoms with Crippen molar-refractivity contribution in [2.45, 2.75) is 33.7 Å². The molecule has 1 aromatic heterocycles. The van der Waals surface area contributed by atoms with E-state index in [4.69, 9.17) is 4.74 Å². The molecule has 0 atom stereocenters. The summed E-state index contributed by atoms with van der Waals surface area (Å²) in [6, 6.07) is 0. The maximum Gasteiger partial charge on any atom is 0.0944 e. The third-order valence-electron chi connectivity index (χ3n) is 3.24. The molecule has 0 bridgehead atoms. The Morgan fingerprint density at radius 3 is 2.68 bits per heavy atom. The molecule has 0 aromatic carbocycles. The molecule has 0 aliphatic heterocycles. The molecular formula is C14H27N3OS. The lowest BCUT2D eigenvalue weighted by molar-refractivity contribution is 0.199. The van der Waals surface area contributed by atoms with Gasteiger partial charge in [0, 0.05) is 38.0 Å². The zero-order chi connectivity index (χ0) is 14.1. The number of hydrogen-bond donors (Lipinski definition) is 1. The Kier molecular flexibility index (Phi) is 8.21. The van der Waals surface area contributed by atoms with Crippen LogP contribution in [0.25, 0.3) is 0 Å². The van der Waals surface area contributed by atoms with E-state index in [0.29, 0.717) is 0 Å². The monoisotopic (exact) mass is 285 g/mol. The fourth-order valence-corrected chi connectivity index (χ4v) is 2.96. The molecule has 0 spiro atoms. The number of aryl methyl sites for hydroxylation is 1. The van der Waals surface area contributed by atoms with Gasteiger partial charge in [-0.3, -0.25) is 0 Å². The van der Waals surface area contributed by atoms with Gasteiger partial charge in [-0.15, -0.1) is 11.3 Å². The minimum absolute atomic E-state index is 0.757. The van der Waals surface area contributed by atoms with Crippen LogP contribution in [0, 0.1) is 6.92 Å². The van der Waals surface area contributed by atoms with Gasteiger partial charge in [0.15, 0.2) is 0 Å². The highest BCUT2D eigenvalue weighted by molar-refractivity contribution is 7.11. The average Bonchev–Trinajstić information content (AvgIpc) is 2.77. The Bertz CT molecular complexity index is 350. The van der Waals surface area contributed by atoms with Crippen molar-refractivity contribution in [3.05, 3.63) is 15.6 Å². The van der Waals surface area contributed by atoms with E-state index in [1.54, 1.807) is 7.11 Å². The van der Waals surface area contributed by atoms with Gasteiger partial charge >= 0.3 is 0 Å². The Balaban J connectivity index is 2.40. The predicted molar refractivity (Wildman–Crippen MR) is 81.9 cm³/mol. The summed E-state index contributed by atoms with van der Waals surface area (Å²) in [6.45, 7) is 12.4. The normalized spacial score (nSPS) is 11.4. The molecule has 0 amide bonds. The number of nitrogens with zero attached hydrogens (tertiary/aromatic N) is 2. The number of methoxy groups -OCH3 is 1. The van der Waals surface area contributed by atoms with Crippen LogP contribution in [0.1, 0.15) is 29.4 Å². The fraction of sp³-hybridized carbons (Fsp3) is 0.786. The first-order valence-corrected chi connectivity index (χ1v) is 7.90. The van der Waals surface area contributed by atoms with Gasteiger partial charge in [0.05, 0.1) is 17.3 Å². The van der Waals surface area contributed by atoms with E-state index in [2.05, 4.69) is 36.0 Å². The Morgan fingerprint density at radius 2 is 2.05 bits per heavy atom. The van der Waals surface area contributed by atoms with Crippen molar-refractivity contribution in [1.29, 1.82) is 0 Å². The predicted octanol–water partition coefficient (Wildman–Crippen LogP) is 2.07. The topological polar surface area (TPSA) is 37.4 Å². The van der Waals surface area contributed by atoms with E-state index >= 15 is 0 Å². The van der Waals surface area contributed by atoms with Crippen LogP contribution in [-0.4, -0.2) is 49.8 Å². The summed E-state index contributed by atoms with van der Waals surface area (Å²) in [5, 5.41) is 4.64. The highest BCUT2D eigenvalue weighted by Gasteiger charge is 2.08. The number of thiazole rings is 1. The van der Waals surface area contributed by atoms with Gasteiger partial charge < -0.3 is 15.0 Å². The van der Waals surface area contributed by atoms with Crippen LogP contribution in [0.5, 0.6) is 0 Å². The van der Waals surface area contributed by atoms with Crippen LogP contribution >= 0.6 is 11.3 Å². The fourth-order valence-electron chi connectivity index (χ4n) is 1.93. The molecule has 4 nitrogen and oxygen atoms in total. The van der Waals surface area contributed by atoms with Crippen LogP contribution < -0.4 is 5.32 Å². The standard InChI is InChI=1S/C14H27N3OS/c1-5-17(6-2)9-7-14-16-12(3)13(19-14)11-15-8-10-18-4/h15H,5-11H2,1-4H3. The van der Waals surface area contributed by atoms with Crippen LogP contribution in [0.15, 0.2) is 0 Å². The Morgan fingerprint density at radius 1 is 1.32 bits per heavy atom. The maximum absolute atomic E-state index is 5.02. The van der Waals surface area contributed by atoms with Gasteiger partial charge in [0.2, 0.25) is 0 Å². The molecular weight excluding hydrogens is 258 g/mol. The van der Waals surface area contributed by atoms with E-state index in [0.717, 1.165) is 45.8 Å². The number of ether oxygens (including phenoxy) is 1. The van der Waals surface area contributed by atoms with Crippen LogP contribution in [0.3, 0.4) is 0 Å². The molecule has 5 heteroatoms. The van der Waals surface area contributed by atoms with Crippen molar-refractivity contribution >= 4 is 11.3 Å². The number of aromatic nitrogens is 1. The third-order valence-corrected chi connectivity index (χ3v) is 4.46. The van der Waals surface area contributed by atoms with Gasteiger partial charge in [-0.25, -0.2) is 4.98 Å². The van der Waals surface area contributed by atoms with Crippen molar-refractivity contribution in [2.75, 3.05) is 39.9 Å². The Labute approximate surface area is 121 Å². The van der Waals surface area contributed by atoms with Gasteiger partial charge in [-0.05, 0) is 20.0 Å². The molecule has 1 N–H and O–H groups in total. The van der Waals surface area contributed by atoms with Crippen molar-refractivity contribution in [3.8, 4) is 0 Å². The van der Waals surface area contributed by atoms with Crippen molar-refractivity contribution < 1.29 is 4.74 Å². The minimum Gasteiger partial charge on any atom is -0.383 e. The summed E-state index contributed by atoms with van der Waals surface area (Å²) in [5.74, 6) is 0. The molecule has 110 valence electrons. The molecule has 1 aromatic rings. The number of rotatable bonds is 10. The number of nitrogens with one attached hydrogen (secondary N) is 1. The smallest absolute Gasteiger partial charge is 0.0944 e. The minimum atomic E-state index is 0.757. The van der Waals surface area contributed by atoms with E-state index in [9.17, 15) is 0 Å². The SMILES string of the molecule is CCN(CC)CCc1nc(C)c(CNCCOC)s1. The first-order valence-electron chi connectivity index (χ1n) is 7.08. The molecule has 0 aliphatic rings. The molecule has 0 saturated carbocycles. The molecule has 0 fully saturated rings. The Hall–Kier alpha value is -0.490.